The summed E-state index contributed by atoms with van der Waals surface area (Å²) in [7, 11) is -3.71. The number of benzene rings is 1. The molecule has 7 heteroatoms. The Bertz CT molecular complexity index is 614. The minimum absolute atomic E-state index is 0.0748. The highest BCUT2D eigenvalue weighted by Gasteiger charge is 2.38. The molecule has 4 nitrogen and oxygen atoms in total. The molecule has 1 aromatic rings. The van der Waals surface area contributed by atoms with E-state index in [1.807, 2.05) is 0 Å². The molecule has 0 amide bonds. The van der Waals surface area contributed by atoms with E-state index in [-0.39, 0.29) is 22.8 Å². The first-order valence-electron chi connectivity index (χ1n) is 5.74. The van der Waals surface area contributed by atoms with Gasteiger partial charge in [0.05, 0.1) is 21.1 Å². The minimum atomic E-state index is -3.71. The molecule has 0 aliphatic heterocycles. The van der Waals surface area contributed by atoms with Crippen molar-refractivity contribution in [2.45, 2.75) is 29.4 Å². The molecule has 0 heterocycles. The first kappa shape index (κ1) is 14.3. The van der Waals surface area contributed by atoms with Crippen LogP contribution in [-0.4, -0.2) is 24.7 Å². The van der Waals surface area contributed by atoms with Gasteiger partial charge in [0.15, 0.2) is 9.84 Å². The molecule has 104 valence electrons. The van der Waals surface area contributed by atoms with Crippen LogP contribution in [0.25, 0.3) is 0 Å². The maximum Gasteiger partial charge on any atom is 0.306 e. The monoisotopic (exact) mass is 306 g/mol. The molecular weight excluding hydrogens is 295 g/mol. The summed E-state index contributed by atoms with van der Waals surface area (Å²) in [5.41, 5.74) is 0. The van der Waals surface area contributed by atoms with Crippen LogP contribution in [0.3, 0.4) is 0 Å². The molecule has 0 bridgehead atoms. The molecule has 1 fully saturated rings. The van der Waals surface area contributed by atoms with Crippen LogP contribution >= 0.6 is 11.6 Å². The van der Waals surface area contributed by atoms with Gasteiger partial charge in [-0.3, -0.25) is 4.79 Å². The third-order valence-corrected chi connectivity index (χ3v) is 6.07. The number of carboxylic acid groups (broad SMARTS) is 1. The third kappa shape index (κ3) is 2.74. The van der Waals surface area contributed by atoms with Gasteiger partial charge in [0.25, 0.3) is 0 Å². The van der Waals surface area contributed by atoms with Gasteiger partial charge in [0.2, 0.25) is 0 Å². The molecular formula is C12H12ClFO4S. The predicted molar refractivity (Wildman–Crippen MR) is 67.4 cm³/mol. The summed E-state index contributed by atoms with van der Waals surface area (Å²) in [5.74, 6) is -2.24. The minimum Gasteiger partial charge on any atom is -0.481 e. The van der Waals surface area contributed by atoms with Crippen molar-refractivity contribution in [3.63, 3.8) is 0 Å². The van der Waals surface area contributed by atoms with E-state index >= 15 is 0 Å². The van der Waals surface area contributed by atoms with Crippen LogP contribution in [0, 0.1) is 11.7 Å². The third-order valence-electron chi connectivity index (χ3n) is 3.37. The molecule has 1 N–H and O–H groups in total. The van der Waals surface area contributed by atoms with Crippen molar-refractivity contribution in [2.24, 2.45) is 5.92 Å². The van der Waals surface area contributed by atoms with E-state index < -0.39 is 32.8 Å². The van der Waals surface area contributed by atoms with Crippen molar-refractivity contribution in [1.82, 2.24) is 0 Å². The van der Waals surface area contributed by atoms with Crippen molar-refractivity contribution in [1.29, 1.82) is 0 Å². The van der Waals surface area contributed by atoms with Crippen molar-refractivity contribution in [3.8, 4) is 0 Å². The molecule has 2 atom stereocenters. The van der Waals surface area contributed by atoms with Gasteiger partial charge < -0.3 is 5.11 Å². The van der Waals surface area contributed by atoms with Gasteiger partial charge in [0, 0.05) is 0 Å². The Morgan fingerprint density at radius 2 is 2.05 bits per heavy atom. The molecule has 1 aliphatic carbocycles. The second-order valence-corrected chi connectivity index (χ2v) is 7.19. The standard InChI is InChI=1S/C12H12ClFO4S/c13-10-6-8(14)2-4-11(10)19(17,18)9-3-1-7(5-9)12(15)16/h2,4,6-7,9H,1,3,5H2,(H,15,16)/t7-,9-/m0/s1. The number of rotatable bonds is 3. The molecule has 1 saturated carbocycles. The quantitative estimate of drug-likeness (QED) is 0.871. The van der Waals surface area contributed by atoms with Crippen LogP contribution in [0.1, 0.15) is 19.3 Å². The molecule has 1 aromatic carbocycles. The number of hydrogen-bond acceptors (Lipinski definition) is 3. The second-order valence-electron chi connectivity index (χ2n) is 4.59. The summed E-state index contributed by atoms with van der Waals surface area (Å²) in [6, 6.07) is 3.10. The first-order chi connectivity index (χ1) is 8.82. The first-order valence-corrected chi connectivity index (χ1v) is 7.66. The molecule has 0 saturated heterocycles. The predicted octanol–water partition coefficient (Wildman–Crippen LogP) is 2.51. The summed E-state index contributed by atoms with van der Waals surface area (Å²) in [4.78, 5) is 10.7. The highest BCUT2D eigenvalue weighted by Crippen LogP contribution is 2.36. The van der Waals surface area contributed by atoms with Gasteiger partial charge in [-0.15, -0.1) is 0 Å². The maximum atomic E-state index is 12.9. The zero-order valence-corrected chi connectivity index (χ0v) is 11.4. The maximum absolute atomic E-state index is 12.9. The zero-order chi connectivity index (χ0) is 14.2. The summed E-state index contributed by atoms with van der Waals surface area (Å²) in [5, 5.41) is 7.95. The summed E-state index contributed by atoms with van der Waals surface area (Å²) >= 11 is 5.76. The molecule has 2 rings (SSSR count). The van der Waals surface area contributed by atoms with Crippen LogP contribution in [0.5, 0.6) is 0 Å². The van der Waals surface area contributed by atoms with Crippen LogP contribution in [-0.2, 0) is 14.6 Å². The lowest BCUT2D eigenvalue weighted by Crippen LogP contribution is -2.20. The van der Waals surface area contributed by atoms with E-state index in [4.69, 9.17) is 16.7 Å². The van der Waals surface area contributed by atoms with Crippen molar-refractivity contribution in [2.75, 3.05) is 0 Å². The Kier molecular flexibility index (Phi) is 3.82. The van der Waals surface area contributed by atoms with Gasteiger partial charge in [-0.2, -0.15) is 0 Å². The van der Waals surface area contributed by atoms with Crippen LogP contribution in [0.15, 0.2) is 23.1 Å². The number of aliphatic carboxylic acids is 1. The molecule has 0 radical (unpaired) electrons. The fourth-order valence-electron chi connectivity index (χ4n) is 2.33. The average Bonchev–Trinajstić information content (AvgIpc) is 2.78. The van der Waals surface area contributed by atoms with Gasteiger partial charge >= 0.3 is 5.97 Å². The lowest BCUT2D eigenvalue weighted by molar-refractivity contribution is -0.141. The summed E-state index contributed by atoms with van der Waals surface area (Å²) in [6.45, 7) is 0. The lowest BCUT2D eigenvalue weighted by atomic mass is 10.1. The zero-order valence-electron chi connectivity index (χ0n) is 9.84. The molecule has 0 spiro atoms. The van der Waals surface area contributed by atoms with Crippen LogP contribution in [0.2, 0.25) is 5.02 Å². The van der Waals surface area contributed by atoms with Crippen molar-refractivity contribution < 1.29 is 22.7 Å². The number of carbonyl (C=O) groups is 1. The largest absolute Gasteiger partial charge is 0.481 e. The number of hydrogen-bond donors (Lipinski definition) is 1. The van der Waals surface area contributed by atoms with Gasteiger partial charge in [-0.1, -0.05) is 11.6 Å². The van der Waals surface area contributed by atoms with E-state index in [0.717, 1.165) is 18.2 Å². The van der Waals surface area contributed by atoms with Crippen molar-refractivity contribution >= 4 is 27.4 Å². The van der Waals surface area contributed by atoms with E-state index in [0.29, 0.717) is 6.42 Å². The van der Waals surface area contributed by atoms with Gasteiger partial charge in [0.1, 0.15) is 5.82 Å². The number of halogens is 2. The summed E-state index contributed by atoms with van der Waals surface area (Å²) < 4.78 is 37.6. The summed E-state index contributed by atoms with van der Waals surface area (Å²) in [6.07, 6.45) is 0.691. The molecule has 1 aliphatic rings. The van der Waals surface area contributed by atoms with E-state index in [1.54, 1.807) is 0 Å². The number of carboxylic acids is 1. The molecule has 0 aromatic heterocycles. The Morgan fingerprint density at radius 3 is 2.58 bits per heavy atom. The molecule has 19 heavy (non-hydrogen) atoms. The highest BCUT2D eigenvalue weighted by atomic mass is 35.5. The van der Waals surface area contributed by atoms with Crippen molar-refractivity contribution in [3.05, 3.63) is 29.0 Å². The van der Waals surface area contributed by atoms with Gasteiger partial charge in [-0.25, -0.2) is 12.8 Å². The van der Waals surface area contributed by atoms with E-state index in [2.05, 4.69) is 0 Å². The normalized spacial score (nSPS) is 23.5. The Labute approximate surface area is 115 Å². The average molecular weight is 307 g/mol. The Hall–Kier alpha value is -1.14. The topological polar surface area (TPSA) is 71.4 Å². The molecule has 0 unspecified atom stereocenters. The fraction of sp³-hybridized carbons (Fsp3) is 0.417. The smallest absolute Gasteiger partial charge is 0.306 e. The second kappa shape index (κ2) is 5.09. The van der Waals surface area contributed by atoms with Gasteiger partial charge in [-0.05, 0) is 37.5 Å². The lowest BCUT2D eigenvalue weighted by Gasteiger charge is -2.12. The Morgan fingerprint density at radius 1 is 1.37 bits per heavy atom. The fourth-order valence-corrected chi connectivity index (χ4v) is 4.70. The SMILES string of the molecule is O=C(O)[C@H]1CC[C@H](S(=O)(=O)c2ccc(F)cc2Cl)C1. The number of sulfone groups is 1. The highest BCUT2D eigenvalue weighted by molar-refractivity contribution is 7.92. The van der Waals surface area contributed by atoms with Crippen LogP contribution < -0.4 is 0 Å². The van der Waals surface area contributed by atoms with E-state index in [9.17, 15) is 17.6 Å². The Balaban J connectivity index is 2.31. The van der Waals surface area contributed by atoms with Crippen LogP contribution in [0.4, 0.5) is 4.39 Å². The van der Waals surface area contributed by atoms with E-state index in [1.165, 1.54) is 0 Å².